The first-order valence-corrected chi connectivity index (χ1v) is 7.27. The van der Waals surface area contributed by atoms with E-state index < -0.39 is 0 Å². The van der Waals surface area contributed by atoms with E-state index >= 15 is 0 Å². The van der Waals surface area contributed by atoms with Gasteiger partial charge in [-0.05, 0) is 52.2 Å². The SMILES string of the molecule is COc1ccc(-c2ccnc3cc4ccccc4cc23)cc1. The highest BCUT2D eigenvalue weighted by Gasteiger charge is 2.06. The van der Waals surface area contributed by atoms with Gasteiger partial charge >= 0.3 is 0 Å². The van der Waals surface area contributed by atoms with Crippen LogP contribution in [0, 0.1) is 0 Å². The molecule has 1 aromatic heterocycles. The number of ether oxygens (including phenoxy) is 1. The van der Waals surface area contributed by atoms with Crippen molar-refractivity contribution in [1.82, 2.24) is 4.98 Å². The Bertz CT molecular complexity index is 958. The standard InChI is InChI=1S/C20H15NO/c1-22-17-8-6-14(7-9-17)18-10-11-21-20-13-16-5-3-2-4-15(16)12-19(18)20/h2-13H,1H3. The normalized spacial score (nSPS) is 11.0. The summed E-state index contributed by atoms with van der Waals surface area (Å²) in [7, 11) is 1.68. The van der Waals surface area contributed by atoms with Crippen LogP contribution in [0.2, 0.25) is 0 Å². The first-order valence-electron chi connectivity index (χ1n) is 7.27. The Balaban J connectivity index is 1.98. The molecule has 0 saturated carbocycles. The van der Waals surface area contributed by atoms with E-state index in [0.717, 1.165) is 11.3 Å². The fourth-order valence-electron chi connectivity index (χ4n) is 2.86. The number of aromatic nitrogens is 1. The molecule has 0 aliphatic rings. The van der Waals surface area contributed by atoms with Gasteiger partial charge in [-0.3, -0.25) is 4.98 Å². The molecule has 1 heterocycles. The second-order valence-corrected chi connectivity index (χ2v) is 5.30. The van der Waals surface area contributed by atoms with Crippen LogP contribution in [-0.4, -0.2) is 12.1 Å². The highest BCUT2D eigenvalue weighted by molar-refractivity contribution is 6.03. The van der Waals surface area contributed by atoms with Crippen LogP contribution in [0.15, 0.2) is 72.9 Å². The minimum absolute atomic E-state index is 0.868. The molecule has 0 spiro atoms. The first kappa shape index (κ1) is 12.8. The number of pyridine rings is 1. The quantitative estimate of drug-likeness (QED) is 0.480. The Morgan fingerprint density at radius 2 is 1.55 bits per heavy atom. The second-order valence-electron chi connectivity index (χ2n) is 5.30. The predicted molar refractivity (Wildman–Crippen MR) is 91.2 cm³/mol. The van der Waals surface area contributed by atoms with Crippen LogP contribution in [0.3, 0.4) is 0 Å². The number of methoxy groups -OCH3 is 1. The summed E-state index contributed by atoms with van der Waals surface area (Å²) in [6.45, 7) is 0. The molecule has 2 heteroatoms. The van der Waals surface area contributed by atoms with Gasteiger partial charge in [-0.15, -0.1) is 0 Å². The van der Waals surface area contributed by atoms with Crippen LogP contribution in [0.5, 0.6) is 5.75 Å². The van der Waals surface area contributed by atoms with Gasteiger partial charge in [0.25, 0.3) is 0 Å². The van der Waals surface area contributed by atoms with Gasteiger partial charge in [-0.2, -0.15) is 0 Å². The van der Waals surface area contributed by atoms with Crippen LogP contribution < -0.4 is 4.74 Å². The zero-order valence-electron chi connectivity index (χ0n) is 12.3. The summed E-state index contributed by atoms with van der Waals surface area (Å²) < 4.78 is 5.24. The summed E-state index contributed by atoms with van der Waals surface area (Å²) in [6.07, 6.45) is 1.87. The summed E-state index contributed by atoms with van der Waals surface area (Å²) in [6, 6.07) is 23.0. The molecule has 0 atom stereocenters. The Labute approximate surface area is 129 Å². The molecular weight excluding hydrogens is 270 g/mol. The summed E-state index contributed by atoms with van der Waals surface area (Å²) >= 11 is 0. The Hall–Kier alpha value is -2.87. The van der Waals surface area contributed by atoms with Crippen LogP contribution in [0.25, 0.3) is 32.8 Å². The minimum Gasteiger partial charge on any atom is -0.497 e. The van der Waals surface area contributed by atoms with Crippen molar-refractivity contribution in [3.63, 3.8) is 0 Å². The fraction of sp³-hybridized carbons (Fsp3) is 0.0500. The highest BCUT2D eigenvalue weighted by Crippen LogP contribution is 2.31. The molecule has 0 saturated heterocycles. The molecule has 0 fully saturated rings. The third-order valence-electron chi connectivity index (χ3n) is 4.01. The van der Waals surface area contributed by atoms with Crippen molar-refractivity contribution < 1.29 is 4.74 Å². The maximum absolute atomic E-state index is 5.24. The molecule has 3 aromatic carbocycles. The van der Waals surface area contributed by atoms with Crippen molar-refractivity contribution in [3.05, 3.63) is 72.9 Å². The van der Waals surface area contributed by atoms with E-state index in [1.165, 1.54) is 27.3 Å². The number of hydrogen-bond acceptors (Lipinski definition) is 2. The maximum Gasteiger partial charge on any atom is 0.118 e. The van der Waals surface area contributed by atoms with Gasteiger partial charge in [0.05, 0.1) is 12.6 Å². The van der Waals surface area contributed by atoms with Gasteiger partial charge in [-0.1, -0.05) is 36.4 Å². The second kappa shape index (κ2) is 5.15. The smallest absolute Gasteiger partial charge is 0.118 e. The van der Waals surface area contributed by atoms with Crippen molar-refractivity contribution in [1.29, 1.82) is 0 Å². The highest BCUT2D eigenvalue weighted by atomic mass is 16.5. The molecule has 0 unspecified atom stereocenters. The monoisotopic (exact) mass is 285 g/mol. The Morgan fingerprint density at radius 3 is 2.27 bits per heavy atom. The third-order valence-corrected chi connectivity index (χ3v) is 4.01. The lowest BCUT2D eigenvalue weighted by molar-refractivity contribution is 0.415. The van der Waals surface area contributed by atoms with E-state index in [4.69, 9.17) is 4.74 Å². The molecule has 0 amide bonds. The topological polar surface area (TPSA) is 22.1 Å². The zero-order valence-corrected chi connectivity index (χ0v) is 12.3. The summed E-state index contributed by atoms with van der Waals surface area (Å²) in [5.41, 5.74) is 3.38. The van der Waals surface area contributed by atoms with Crippen molar-refractivity contribution >= 4 is 21.7 Å². The van der Waals surface area contributed by atoms with Gasteiger partial charge < -0.3 is 4.74 Å². The molecule has 0 N–H and O–H groups in total. The molecule has 0 aliphatic carbocycles. The third kappa shape index (κ3) is 2.09. The lowest BCUT2D eigenvalue weighted by Gasteiger charge is -2.09. The van der Waals surface area contributed by atoms with E-state index in [9.17, 15) is 0 Å². The average molecular weight is 285 g/mol. The zero-order chi connectivity index (χ0) is 14.9. The molecule has 0 aliphatic heterocycles. The van der Waals surface area contributed by atoms with E-state index in [2.05, 4.69) is 59.6 Å². The number of hydrogen-bond donors (Lipinski definition) is 0. The van der Waals surface area contributed by atoms with Gasteiger partial charge in [0, 0.05) is 11.6 Å². The first-order chi connectivity index (χ1) is 10.8. The Kier molecular flexibility index (Phi) is 3.01. The summed E-state index contributed by atoms with van der Waals surface area (Å²) in [5, 5.41) is 3.62. The lowest BCUT2D eigenvalue weighted by Crippen LogP contribution is -1.86. The summed E-state index contributed by atoms with van der Waals surface area (Å²) in [5.74, 6) is 0.868. The van der Waals surface area contributed by atoms with Crippen LogP contribution in [-0.2, 0) is 0 Å². The largest absolute Gasteiger partial charge is 0.497 e. The van der Waals surface area contributed by atoms with E-state index in [-0.39, 0.29) is 0 Å². The van der Waals surface area contributed by atoms with E-state index in [1.54, 1.807) is 7.11 Å². The van der Waals surface area contributed by atoms with E-state index in [1.807, 2.05) is 18.3 Å². The maximum atomic E-state index is 5.24. The van der Waals surface area contributed by atoms with Crippen molar-refractivity contribution in [2.24, 2.45) is 0 Å². The fourth-order valence-corrected chi connectivity index (χ4v) is 2.86. The summed E-state index contributed by atoms with van der Waals surface area (Å²) in [4.78, 5) is 4.53. The van der Waals surface area contributed by atoms with Crippen LogP contribution >= 0.6 is 0 Å². The minimum atomic E-state index is 0.868. The number of nitrogens with zero attached hydrogens (tertiary/aromatic N) is 1. The van der Waals surface area contributed by atoms with Crippen LogP contribution in [0.1, 0.15) is 0 Å². The van der Waals surface area contributed by atoms with Gasteiger partial charge in [0.1, 0.15) is 5.75 Å². The van der Waals surface area contributed by atoms with Crippen LogP contribution in [0.4, 0.5) is 0 Å². The molecule has 106 valence electrons. The molecule has 2 nitrogen and oxygen atoms in total. The van der Waals surface area contributed by atoms with Gasteiger partial charge in [0.2, 0.25) is 0 Å². The number of rotatable bonds is 2. The molecule has 4 aromatic rings. The van der Waals surface area contributed by atoms with E-state index in [0.29, 0.717) is 0 Å². The van der Waals surface area contributed by atoms with Gasteiger partial charge in [0.15, 0.2) is 0 Å². The van der Waals surface area contributed by atoms with Crippen molar-refractivity contribution in [2.75, 3.05) is 7.11 Å². The Morgan fingerprint density at radius 1 is 0.818 bits per heavy atom. The molecule has 4 rings (SSSR count). The molecule has 0 radical (unpaired) electrons. The number of fused-ring (bicyclic) bond motifs is 2. The predicted octanol–water partition coefficient (Wildman–Crippen LogP) is 5.06. The molecular formula is C20H15NO. The number of benzene rings is 3. The molecule has 22 heavy (non-hydrogen) atoms. The average Bonchev–Trinajstić information content (AvgIpc) is 2.59. The lowest BCUT2D eigenvalue weighted by atomic mass is 9.98. The molecule has 0 bridgehead atoms. The van der Waals surface area contributed by atoms with Crippen molar-refractivity contribution in [2.45, 2.75) is 0 Å². The van der Waals surface area contributed by atoms with Crippen molar-refractivity contribution in [3.8, 4) is 16.9 Å². The van der Waals surface area contributed by atoms with Gasteiger partial charge in [-0.25, -0.2) is 0 Å².